The van der Waals surface area contributed by atoms with Crippen LogP contribution >= 0.6 is 0 Å². The van der Waals surface area contributed by atoms with Gasteiger partial charge in [0.15, 0.2) is 0 Å². The number of phenols is 1. The predicted octanol–water partition coefficient (Wildman–Crippen LogP) is 2.62. The lowest BCUT2D eigenvalue weighted by Crippen LogP contribution is -2.52. The Balaban J connectivity index is 2.10. The van der Waals surface area contributed by atoms with Crippen molar-refractivity contribution in [1.29, 1.82) is 0 Å². The molecule has 0 saturated carbocycles. The molecule has 4 heteroatoms. The van der Waals surface area contributed by atoms with E-state index in [1.807, 2.05) is 6.92 Å². The molecule has 2 atom stereocenters. The molecule has 1 aromatic rings. The summed E-state index contributed by atoms with van der Waals surface area (Å²) in [6.45, 7) is 10.4. The first kappa shape index (κ1) is 14.3. The molecular formula is C15H23FN2O. The third-order valence-corrected chi connectivity index (χ3v) is 4.18. The molecule has 0 radical (unpaired) electrons. The molecule has 106 valence electrons. The van der Waals surface area contributed by atoms with E-state index in [1.165, 1.54) is 6.07 Å². The van der Waals surface area contributed by atoms with Crippen LogP contribution in [0.3, 0.4) is 0 Å². The van der Waals surface area contributed by atoms with Crippen LogP contribution in [0.25, 0.3) is 0 Å². The summed E-state index contributed by atoms with van der Waals surface area (Å²) >= 11 is 0. The van der Waals surface area contributed by atoms with E-state index >= 15 is 0 Å². The maximum Gasteiger partial charge on any atom is 0.131 e. The zero-order valence-electron chi connectivity index (χ0n) is 11.9. The minimum atomic E-state index is -0.321. The van der Waals surface area contributed by atoms with E-state index in [-0.39, 0.29) is 17.6 Å². The molecule has 0 bridgehead atoms. The highest BCUT2D eigenvalue weighted by atomic mass is 19.1. The molecule has 1 saturated heterocycles. The first-order chi connectivity index (χ1) is 9.02. The first-order valence-corrected chi connectivity index (χ1v) is 6.99. The quantitative estimate of drug-likeness (QED) is 0.911. The Morgan fingerprint density at radius 1 is 1.42 bits per heavy atom. The van der Waals surface area contributed by atoms with Crippen LogP contribution in [-0.4, -0.2) is 47.1 Å². The van der Waals surface area contributed by atoms with Crippen LogP contribution in [-0.2, 0) is 0 Å². The van der Waals surface area contributed by atoms with Gasteiger partial charge in [-0.05, 0) is 26.5 Å². The molecule has 2 unspecified atom stereocenters. The highest BCUT2D eigenvalue weighted by molar-refractivity contribution is 5.29. The average molecular weight is 266 g/mol. The van der Waals surface area contributed by atoms with Crippen molar-refractivity contribution in [2.24, 2.45) is 0 Å². The number of likely N-dealkylation sites (N-methyl/N-ethyl adjacent to an activating group) is 1. The number of nitrogens with zero attached hydrogens (tertiary/aromatic N) is 2. The first-order valence-electron chi connectivity index (χ1n) is 6.99. The van der Waals surface area contributed by atoms with Crippen LogP contribution in [0, 0.1) is 5.82 Å². The van der Waals surface area contributed by atoms with Crippen LogP contribution in [0.2, 0.25) is 0 Å². The minimum Gasteiger partial charge on any atom is -0.508 e. The number of aromatic hydroxyl groups is 1. The standard InChI is InChI=1S/C15H23FN2O/c1-4-17-7-8-18(10-11(17)2)12(3)14-6-5-13(19)9-15(14)16/h5-6,9,11-12,19H,4,7-8,10H2,1-3H3. The zero-order valence-corrected chi connectivity index (χ0v) is 11.9. The number of hydrogen-bond donors (Lipinski definition) is 1. The van der Waals surface area contributed by atoms with Gasteiger partial charge in [-0.3, -0.25) is 9.80 Å². The summed E-state index contributed by atoms with van der Waals surface area (Å²) in [5, 5.41) is 9.28. The van der Waals surface area contributed by atoms with E-state index < -0.39 is 0 Å². The van der Waals surface area contributed by atoms with E-state index in [0.717, 1.165) is 26.2 Å². The molecule has 1 fully saturated rings. The lowest BCUT2D eigenvalue weighted by atomic mass is 10.0. The Bertz CT molecular complexity index is 438. The van der Waals surface area contributed by atoms with Gasteiger partial charge in [-0.2, -0.15) is 0 Å². The third kappa shape index (κ3) is 3.07. The van der Waals surface area contributed by atoms with E-state index in [0.29, 0.717) is 11.6 Å². The Labute approximate surface area is 114 Å². The summed E-state index contributed by atoms with van der Waals surface area (Å²) in [7, 11) is 0. The van der Waals surface area contributed by atoms with Crippen LogP contribution in [0.4, 0.5) is 4.39 Å². The van der Waals surface area contributed by atoms with Gasteiger partial charge in [0.05, 0.1) is 0 Å². The number of halogens is 1. The Morgan fingerprint density at radius 2 is 2.16 bits per heavy atom. The van der Waals surface area contributed by atoms with E-state index in [9.17, 15) is 9.50 Å². The molecule has 0 amide bonds. The van der Waals surface area contributed by atoms with Gasteiger partial charge in [-0.25, -0.2) is 4.39 Å². The van der Waals surface area contributed by atoms with Gasteiger partial charge in [-0.15, -0.1) is 0 Å². The molecule has 1 N–H and O–H groups in total. The molecule has 0 aromatic heterocycles. The van der Waals surface area contributed by atoms with Crippen molar-refractivity contribution in [3.63, 3.8) is 0 Å². The minimum absolute atomic E-state index is 0.0161. The van der Waals surface area contributed by atoms with E-state index in [1.54, 1.807) is 12.1 Å². The Hall–Kier alpha value is -1.13. The van der Waals surface area contributed by atoms with Gasteiger partial charge in [0, 0.05) is 43.3 Å². The second-order valence-corrected chi connectivity index (χ2v) is 5.35. The summed E-state index contributed by atoms with van der Waals surface area (Å²) < 4.78 is 13.9. The fraction of sp³-hybridized carbons (Fsp3) is 0.600. The highest BCUT2D eigenvalue weighted by Crippen LogP contribution is 2.27. The Morgan fingerprint density at radius 3 is 2.74 bits per heavy atom. The second-order valence-electron chi connectivity index (χ2n) is 5.35. The summed E-state index contributed by atoms with van der Waals surface area (Å²) in [6, 6.07) is 4.98. The van der Waals surface area contributed by atoms with Crippen molar-refractivity contribution in [2.75, 3.05) is 26.2 Å². The SMILES string of the molecule is CCN1CCN(C(C)c2ccc(O)cc2F)CC1C. The van der Waals surface area contributed by atoms with E-state index in [4.69, 9.17) is 0 Å². The van der Waals surface area contributed by atoms with Gasteiger partial charge >= 0.3 is 0 Å². The summed E-state index contributed by atoms with van der Waals surface area (Å²) in [6.07, 6.45) is 0. The molecule has 19 heavy (non-hydrogen) atoms. The lowest BCUT2D eigenvalue weighted by molar-refractivity contribution is 0.0625. The van der Waals surface area contributed by atoms with Gasteiger partial charge in [0.1, 0.15) is 11.6 Å². The largest absolute Gasteiger partial charge is 0.508 e. The van der Waals surface area contributed by atoms with Crippen molar-refractivity contribution in [3.05, 3.63) is 29.6 Å². The predicted molar refractivity (Wildman–Crippen MR) is 74.8 cm³/mol. The number of hydrogen-bond acceptors (Lipinski definition) is 3. The molecule has 0 aliphatic carbocycles. The summed E-state index contributed by atoms with van der Waals surface area (Å²) in [5.41, 5.74) is 0.662. The van der Waals surface area contributed by atoms with Gasteiger partial charge in [0.25, 0.3) is 0 Å². The number of benzene rings is 1. The fourth-order valence-electron chi connectivity index (χ4n) is 2.90. The van der Waals surface area contributed by atoms with Gasteiger partial charge in [-0.1, -0.05) is 13.0 Å². The zero-order chi connectivity index (χ0) is 14.0. The molecule has 1 aliphatic rings. The van der Waals surface area contributed by atoms with Crippen LogP contribution in [0.15, 0.2) is 18.2 Å². The number of phenolic OH excluding ortho intramolecular Hbond substituents is 1. The van der Waals surface area contributed by atoms with Crippen molar-refractivity contribution >= 4 is 0 Å². The number of rotatable bonds is 3. The third-order valence-electron chi connectivity index (χ3n) is 4.18. The molecule has 1 aromatic carbocycles. The smallest absolute Gasteiger partial charge is 0.131 e. The van der Waals surface area contributed by atoms with Crippen LogP contribution < -0.4 is 0 Å². The van der Waals surface area contributed by atoms with Gasteiger partial charge < -0.3 is 5.11 Å². The van der Waals surface area contributed by atoms with Crippen LogP contribution in [0.1, 0.15) is 32.4 Å². The normalized spacial score (nSPS) is 23.5. The maximum atomic E-state index is 13.9. The molecule has 3 nitrogen and oxygen atoms in total. The highest BCUT2D eigenvalue weighted by Gasteiger charge is 2.27. The molecule has 1 aliphatic heterocycles. The molecule has 0 spiro atoms. The monoisotopic (exact) mass is 266 g/mol. The van der Waals surface area contributed by atoms with Crippen molar-refractivity contribution < 1.29 is 9.50 Å². The fourth-order valence-corrected chi connectivity index (χ4v) is 2.90. The van der Waals surface area contributed by atoms with Crippen molar-refractivity contribution in [2.45, 2.75) is 32.9 Å². The molecule has 1 heterocycles. The Kier molecular flexibility index (Phi) is 4.42. The topological polar surface area (TPSA) is 26.7 Å². The second kappa shape index (κ2) is 5.88. The lowest BCUT2D eigenvalue weighted by Gasteiger charge is -2.42. The van der Waals surface area contributed by atoms with Crippen molar-refractivity contribution in [1.82, 2.24) is 9.80 Å². The molecule has 2 rings (SSSR count). The number of piperazine rings is 1. The summed E-state index contributed by atoms with van der Waals surface area (Å²) in [4.78, 5) is 4.75. The average Bonchev–Trinajstić information content (AvgIpc) is 2.38. The maximum absolute atomic E-state index is 13.9. The summed E-state index contributed by atoms with van der Waals surface area (Å²) in [5.74, 6) is -0.337. The van der Waals surface area contributed by atoms with Crippen LogP contribution in [0.5, 0.6) is 5.75 Å². The van der Waals surface area contributed by atoms with Crippen molar-refractivity contribution in [3.8, 4) is 5.75 Å². The van der Waals surface area contributed by atoms with Gasteiger partial charge in [0.2, 0.25) is 0 Å². The molecular weight excluding hydrogens is 243 g/mol. The van der Waals surface area contributed by atoms with E-state index in [2.05, 4.69) is 23.6 Å².